The van der Waals surface area contributed by atoms with Gasteiger partial charge in [0, 0.05) is 31.9 Å². The molecule has 0 aliphatic heterocycles. The van der Waals surface area contributed by atoms with Crippen molar-refractivity contribution in [1.82, 2.24) is 20.2 Å². The molecule has 0 spiro atoms. The number of amides is 2. The van der Waals surface area contributed by atoms with E-state index in [2.05, 4.69) is 15.3 Å². The average Bonchev–Trinajstić information content (AvgIpc) is 3.02. The van der Waals surface area contributed by atoms with Gasteiger partial charge in [0.1, 0.15) is 6.04 Å². The van der Waals surface area contributed by atoms with Gasteiger partial charge in [-0.3, -0.25) is 0 Å². The molecule has 1 atom stereocenters. The molecule has 1 aliphatic rings. The van der Waals surface area contributed by atoms with E-state index in [0.29, 0.717) is 18.2 Å². The highest BCUT2D eigenvalue weighted by molar-refractivity contribution is 5.82. The van der Waals surface area contributed by atoms with Crippen LogP contribution in [0.15, 0.2) is 12.5 Å². The van der Waals surface area contributed by atoms with Crippen molar-refractivity contribution < 1.29 is 14.7 Å². The number of aliphatic carboxylic acids is 1. The van der Waals surface area contributed by atoms with E-state index < -0.39 is 12.0 Å². The van der Waals surface area contributed by atoms with Crippen molar-refractivity contribution in [3.63, 3.8) is 0 Å². The lowest BCUT2D eigenvalue weighted by Gasteiger charge is -2.21. The van der Waals surface area contributed by atoms with E-state index in [1.165, 1.54) is 6.33 Å². The zero-order chi connectivity index (χ0) is 13.8. The van der Waals surface area contributed by atoms with Gasteiger partial charge in [0.2, 0.25) is 0 Å². The lowest BCUT2D eigenvalue weighted by molar-refractivity contribution is -0.139. The molecule has 1 aromatic rings. The number of nitrogens with one attached hydrogen (secondary N) is 2. The minimum absolute atomic E-state index is 0.193. The Morgan fingerprint density at radius 1 is 1.63 bits per heavy atom. The van der Waals surface area contributed by atoms with E-state index in [1.54, 1.807) is 18.1 Å². The number of hydrogen-bond donors (Lipinski definition) is 3. The molecule has 7 nitrogen and oxygen atoms in total. The molecule has 104 valence electrons. The molecule has 0 saturated heterocycles. The summed E-state index contributed by atoms with van der Waals surface area (Å²) in [5.74, 6) is -0.477. The van der Waals surface area contributed by atoms with E-state index in [-0.39, 0.29) is 12.5 Å². The van der Waals surface area contributed by atoms with Crippen molar-refractivity contribution in [2.75, 3.05) is 13.6 Å². The minimum Gasteiger partial charge on any atom is -0.480 e. The summed E-state index contributed by atoms with van der Waals surface area (Å²) in [7, 11) is 1.68. The lowest BCUT2D eigenvalue weighted by Crippen LogP contribution is -2.48. The fourth-order valence-corrected chi connectivity index (χ4v) is 1.85. The first-order chi connectivity index (χ1) is 9.06. The van der Waals surface area contributed by atoms with E-state index in [4.69, 9.17) is 5.11 Å². The number of carbonyl (C=O) groups excluding carboxylic acids is 1. The molecule has 1 heterocycles. The Balaban J connectivity index is 1.88. The third kappa shape index (κ3) is 3.97. The molecule has 19 heavy (non-hydrogen) atoms. The zero-order valence-corrected chi connectivity index (χ0v) is 10.8. The maximum atomic E-state index is 11.9. The maximum Gasteiger partial charge on any atom is 0.326 e. The second-order valence-electron chi connectivity index (χ2n) is 4.95. The van der Waals surface area contributed by atoms with Crippen molar-refractivity contribution in [1.29, 1.82) is 0 Å². The smallest absolute Gasteiger partial charge is 0.326 e. The number of aromatic amines is 1. The number of nitrogens with zero attached hydrogens (tertiary/aromatic N) is 2. The molecule has 0 bridgehead atoms. The van der Waals surface area contributed by atoms with Crippen molar-refractivity contribution in [3.05, 3.63) is 18.2 Å². The van der Waals surface area contributed by atoms with Gasteiger partial charge in [-0.2, -0.15) is 0 Å². The van der Waals surface area contributed by atoms with Crippen LogP contribution in [0, 0.1) is 5.92 Å². The molecule has 0 aromatic carbocycles. The summed E-state index contributed by atoms with van der Waals surface area (Å²) in [6.07, 6.45) is 5.52. The maximum absolute atomic E-state index is 11.9. The highest BCUT2D eigenvalue weighted by Gasteiger charge is 2.27. The Bertz CT molecular complexity index is 442. The van der Waals surface area contributed by atoms with E-state index in [9.17, 15) is 9.59 Å². The van der Waals surface area contributed by atoms with E-state index in [1.807, 2.05) is 0 Å². The van der Waals surface area contributed by atoms with Crippen LogP contribution in [0.25, 0.3) is 0 Å². The molecule has 3 N–H and O–H groups in total. The predicted octanol–water partition coefficient (Wildman–Crippen LogP) is 0.457. The fourth-order valence-electron chi connectivity index (χ4n) is 1.85. The summed E-state index contributed by atoms with van der Waals surface area (Å²) in [6.45, 7) is 0.683. The fraction of sp³-hybridized carbons (Fsp3) is 0.583. The molecular formula is C12H18N4O3. The summed E-state index contributed by atoms with van der Waals surface area (Å²) in [6, 6.07) is -1.30. The number of carbonyl (C=O) groups is 2. The molecule has 0 radical (unpaired) electrons. The topological polar surface area (TPSA) is 98.3 Å². The van der Waals surface area contributed by atoms with Crippen molar-refractivity contribution in [2.45, 2.75) is 25.3 Å². The van der Waals surface area contributed by atoms with E-state index in [0.717, 1.165) is 12.8 Å². The Morgan fingerprint density at radius 3 is 2.89 bits per heavy atom. The Kier molecular flexibility index (Phi) is 4.03. The minimum atomic E-state index is -1.05. The quantitative estimate of drug-likeness (QED) is 0.696. The van der Waals surface area contributed by atoms with Crippen LogP contribution in [-0.4, -0.2) is 51.6 Å². The van der Waals surface area contributed by atoms with E-state index >= 15 is 0 Å². The molecular weight excluding hydrogens is 248 g/mol. The monoisotopic (exact) mass is 266 g/mol. The third-order valence-electron chi connectivity index (χ3n) is 3.15. The number of rotatable bonds is 6. The summed E-state index contributed by atoms with van der Waals surface area (Å²) in [5, 5.41) is 11.7. The van der Waals surface area contributed by atoms with Crippen LogP contribution < -0.4 is 5.32 Å². The second-order valence-corrected chi connectivity index (χ2v) is 4.95. The number of H-pyrrole nitrogens is 1. The lowest BCUT2D eigenvalue weighted by atomic mass is 10.1. The van der Waals surface area contributed by atoms with Crippen LogP contribution >= 0.6 is 0 Å². The number of hydrogen-bond acceptors (Lipinski definition) is 3. The molecule has 2 amide bonds. The van der Waals surface area contributed by atoms with Gasteiger partial charge in [0.25, 0.3) is 0 Å². The first-order valence-electron chi connectivity index (χ1n) is 6.28. The van der Waals surface area contributed by atoms with Crippen molar-refractivity contribution in [3.8, 4) is 0 Å². The third-order valence-corrected chi connectivity index (χ3v) is 3.15. The summed E-state index contributed by atoms with van der Waals surface area (Å²) >= 11 is 0. The number of carboxylic acid groups (broad SMARTS) is 1. The summed E-state index contributed by atoms with van der Waals surface area (Å²) in [5.41, 5.74) is 0.678. The van der Waals surface area contributed by atoms with Gasteiger partial charge in [-0.15, -0.1) is 0 Å². The van der Waals surface area contributed by atoms with Gasteiger partial charge in [-0.25, -0.2) is 14.6 Å². The summed E-state index contributed by atoms with van der Waals surface area (Å²) < 4.78 is 0. The van der Waals surface area contributed by atoms with Crippen LogP contribution in [0.1, 0.15) is 18.5 Å². The zero-order valence-electron chi connectivity index (χ0n) is 10.8. The molecule has 7 heteroatoms. The highest BCUT2D eigenvalue weighted by atomic mass is 16.4. The first-order valence-corrected chi connectivity index (χ1v) is 6.28. The van der Waals surface area contributed by atoms with Crippen molar-refractivity contribution in [2.24, 2.45) is 5.92 Å². The molecule has 1 saturated carbocycles. The molecule has 1 aliphatic carbocycles. The molecule has 1 fully saturated rings. The standard InChI is InChI=1S/C12H18N4O3/c1-16(6-8-2-3-8)12(19)15-10(11(17)18)4-9-5-13-7-14-9/h5,7-8,10H,2-4,6H2,1H3,(H,13,14)(H,15,19)(H,17,18)/t10-/m0/s1. The van der Waals surface area contributed by atoms with Gasteiger partial charge in [0.15, 0.2) is 0 Å². The second kappa shape index (κ2) is 5.73. The highest BCUT2D eigenvalue weighted by Crippen LogP contribution is 2.29. The van der Waals surface area contributed by atoms with Crippen LogP contribution in [0.5, 0.6) is 0 Å². The van der Waals surface area contributed by atoms with Gasteiger partial charge >= 0.3 is 12.0 Å². The molecule has 1 aromatic heterocycles. The van der Waals surface area contributed by atoms with Crippen LogP contribution in [0.3, 0.4) is 0 Å². The molecule has 0 unspecified atom stereocenters. The Morgan fingerprint density at radius 2 is 2.37 bits per heavy atom. The van der Waals surface area contributed by atoms with Gasteiger partial charge in [0.05, 0.1) is 6.33 Å². The number of carboxylic acids is 1. The van der Waals surface area contributed by atoms with Gasteiger partial charge in [-0.05, 0) is 18.8 Å². The molecule has 2 rings (SSSR count). The van der Waals surface area contributed by atoms with Crippen molar-refractivity contribution >= 4 is 12.0 Å². The Labute approximate surface area is 111 Å². The van der Waals surface area contributed by atoms with Crippen LogP contribution in [0.2, 0.25) is 0 Å². The van der Waals surface area contributed by atoms with Gasteiger partial charge in [-0.1, -0.05) is 0 Å². The predicted molar refractivity (Wildman–Crippen MR) is 67.6 cm³/mol. The summed E-state index contributed by atoms with van der Waals surface area (Å²) in [4.78, 5) is 31.2. The van der Waals surface area contributed by atoms with Crippen LogP contribution in [-0.2, 0) is 11.2 Å². The normalized spacial score (nSPS) is 15.8. The van der Waals surface area contributed by atoms with Gasteiger partial charge < -0.3 is 20.3 Å². The SMILES string of the molecule is CN(CC1CC1)C(=O)N[C@@H](Cc1cnc[nH]1)C(=O)O. The average molecular weight is 266 g/mol. The number of imidazole rings is 1. The van der Waals surface area contributed by atoms with Crippen LogP contribution in [0.4, 0.5) is 4.79 Å². The largest absolute Gasteiger partial charge is 0.480 e. The first kappa shape index (κ1) is 13.4. The number of urea groups is 1. The Hall–Kier alpha value is -2.05. The number of aromatic nitrogens is 2.